The molecule has 476 valence electrons. The van der Waals surface area contributed by atoms with Gasteiger partial charge >= 0.3 is 0 Å². The number of likely N-dealkylation sites (tertiary alicyclic amines) is 8. The zero-order valence-corrected chi connectivity index (χ0v) is 55.3. The summed E-state index contributed by atoms with van der Waals surface area (Å²) in [6.07, 6.45) is 17.7. The predicted molar refractivity (Wildman–Crippen MR) is 342 cm³/mol. The van der Waals surface area contributed by atoms with Crippen molar-refractivity contribution in [2.45, 2.75) is 240 Å². The summed E-state index contributed by atoms with van der Waals surface area (Å²) >= 11 is 0. The molecule has 8 heterocycles. The zero-order valence-electron chi connectivity index (χ0n) is 55.3. The number of nitrogens with zero attached hydrogens (tertiary/aromatic N) is 9. The number of ketones is 1. The maximum Gasteiger partial charge on any atom is 0.246 e. The smallest absolute Gasteiger partial charge is 0.246 e. The second kappa shape index (κ2) is 34.2. The third kappa shape index (κ3) is 18.8. The second-order valence-electron chi connectivity index (χ2n) is 26.6. The van der Waals surface area contributed by atoms with Gasteiger partial charge in [0.1, 0.15) is 0 Å². The second-order valence-corrected chi connectivity index (χ2v) is 26.6. The van der Waals surface area contributed by atoms with Crippen LogP contribution in [0.5, 0.6) is 0 Å². The van der Waals surface area contributed by atoms with Gasteiger partial charge in [-0.05, 0) is 189 Å². The van der Waals surface area contributed by atoms with Crippen molar-refractivity contribution in [1.82, 2.24) is 44.1 Å². The summed E-state index contributed by atoms with van der Waals surface area (Å²) in [5.41, 5.74) is 0. The average Bonchev–Trinajstić information content (AvgIpc) is 1.63. The minimum Gasteiger partial charge on any atom is -0.372 e. The molecular weight excluding hydrogens is 1050 g/mol. The lowest BCUT2D eigenvalue weighted by Crippen LogP contribution is -2.71. The summed E-state index contributed by atoms with van der Waals surface area (Å²) in [5.74, 6) is 3.21. The van der Waals surface area contributed by atoms with Crippen molar-refractivity contribution < 1.29 is 33.5 Å². The number of rotatable bonds is 17. The molecule has 0 aromatic carbocycles. The van der Waals surface area contributed by atoms with Gasteiger partial charge in [0.05, 0.1) is 24.3 Å². The molecule has 10 atom stereocenters. The number of carbonyl (C=O) groups is 6. The molecule has 9 fully saturated rings. The van der Waals surface area contributed by atoms with Gasteiger partial charge in [-0.15, -0.1) is 0 Å². The summed E-state index contributed by atoms with van der Waals surface area (Å²) in [6, 6.07) is 6.16. The van der Waals surface area contributed by atoms with Gasteiger partial charge < -0.3 is 29.2 Å². The number of carbonyl (C=O) groups excluding carboxylic acids is 6. The summed E-state index contributed by atoms with van der Waals surface area (Å²) in [4.78, 5) is 88.1. The number of fused-ring (bicyclic) bond motifs is 3. The minimum absolute atomic E-state index is 0.00129. The van der Waals surface area contributed by atoms with E-state index in [1.807, 2.05) is 40.4 Å². The highest BCUT2D eigenvalue weighted by Gasteiger charge is 2.51. The summed E-state index contributed by atoms with van der Waals surface area (Å²) in [7, 11) is 0. The Balaban J connectivity index is 0.000000217. The Morgan fingerprint density at radius 3 is 1.52 bits per heavy atom. The lowest BCUT2D eigenvalue weighted by molar-refractivity contribution is -0.145. The van der Waals surface area contributed by atoms with Gasteiger partial charge in [0.15, 0.2) is 5.78 Å². The Hall–Kier alpha value is -4.48. The molecule has 9 rings (SSSR count). The summed E-state index contributed by atoms with van der Waals surface area (Å²) in [5, 5.41) is 0. The van der Waals surface area contributed by atoms with Crippen LogP contribution in [-0.4, -0.2) is 230 Å². The number of hydrogen-bond donors (Lipinski definition) is 0. The largest absolute Gasteiger partial charge is 0.372 e. The van der Waals surface area contributed by atoms with Crippen LogP contribution in [0.25, 0.3) is 0 Å². The van der Waals surface area contributed by atoms with E-state index in [2.05, 4.69) is 136 Å². The Morgan fingerprint density at radius 1 is 0.536 bits per heavy atom. The van der Waals surface area contributed by atoms with Gasteiger partial charge in [0.25, 0.3) is 0 Å². The van der Waals surface area contributed by atoms with Crippen LogP contribution in [-0.2, 0) is 33.5 Å². The number of piperidine rings is 2. The van der Waals surface area contributed by atoms with Gasteiger partial charge in [0, 0.05) is 126 Å². The molecule has 0 radical (unpaired) electrons. The quantitative estimate of drug-likeness (QED) is 0.129. The maximum absolute atomic E-state index is 11.6. The van der Waals surface area contributed by atoms with Crippen LogP contribution in [0.15, 0.2) is 63.3 Å². The monoisotopic (exact) mass is 1170 g/mol. The molecule has 16 nitrogen and oxygen atoms in total. The van der Waals surface area contributed by atoms with Crippen LogP contribution in [0.3, 0.4) is 0 Å². The van der Waals surface area contributed by atoms with Crippen molar-refractivity contribution in [3.63, 3.8) is 0 Å². The molecule has 0 bridgehead atoms. The van der Waals surface area contributed by atoms with Gasteiger partial charge in [-0.25, -0.2) is 0 Å². The molecule has 5 amide bonds. The van der Waals surface area contributed by atoms with E-state index in [9.17, 15) is 28.8 Å². The molecule has 16 heteroatoms. The van der Waals surface area contributed by atoms with Gasteiger partial charge in [0.2, 0.25) is 29.5 Å². The molecule has 0 aromatic heterocycles. The highest BCUT2D eigenvalue weighted by atomic mass is 16.5. The van der Waals surface area contributed by atoms with Crippen LogP contribution in [0.4, 0.5) is 0 Å². The molecule has 1 aliphatic carbocycles. The predicted octanol–water partition coefficient (Wildman–Crippen LogP) is 8.97. The molecule has 84 heavy (non-hydrogen) atoms. The first-order chi connectivity index (χ1) is 39.7. The van der Waals surface area contributed by atoms with E-state index in [1.54, 1.807) is 4.90 Å². The van der Waals surface area contributed by atoms with Crippen LogP contribution in [0.1, 0.15) is 162 Å². The van der Waals surface area contributed by atoms with E-state index in [1.165, 1.54) is 62.6 Å². The molecule has 8 saturated heterocycles. The fourth-order valence-electron chi connectivity index (χ4n) is 14.5. The Morgan fingerprint density at radius 2 is 1.06 bits per heavy atom. The number of amides is 5. The highest BCUT2D eigenvalue weighted by molar-refractivity contribution is 5.92. The van der Waals surface area contributed by atoms with Crippen molar-refractivity contribution in [3.05, 3.63) is 63.3 Å². The van der Waals surface area contributed by atoms with Crippen molar-refractivity contribution >= 4 is 35.3 Å². The summed E-state index contributed by atoms with van der Waals surface area (Å²) < 4.78 is 5.48. The lowest BCUT2D eigenvalue weighted by atomic mass is 9.67. The number of ether oxygens (including phenoxy) is 1. The third-order valence-corrected chi connectivity index (χ3v) is 19.1. The van der Waals surface area contributed by atoms with Gasteiger partial charge in [-0.3, -0.25) is 48.4 Å². The fourth-order valence-corrected chi connectivity index (χ4v) is 14.5. The molecule has 0 N–H and O–H groups in total. The average molecular weight is 1170 g/mol. The lowest BCUT2D eigenvalue weighted by Gasteiger charge is -2.57. The molecule has 1 saturated carbocycles. The van der Waals surface area contributed by atoms with Crippen LogP contribution in [0.2, 0.25) is 0 Å². The first-order valence-corrected chi connectivity index (χ1v) is 32.6. The SMILES string of the molecule is C=CC(=O)C1CC2C1CCN2C(C)C.C=CC(=O)N1CC(OC(C)C)C1.C=CC(=O)N1CCC2C1CN2C(C)C.C=CC(=O)N1CCCC(CC(C)C)C1.C=CC(=O)N1CCCC2C1CN2C(C)C.CCC(=O)N1CC(N(CC)C(C)C)C1C. The van der Waals surface area contributed by atoms with Gasteiger partial charge in [-0.1, -0.05) is 60.6 Å². The van der Waals surface area contributed by atoms with Crippen molar-refractivity contribution in [2.24, 2.45) is 23.7 Å². The normalized spacial score (nSPS) is 27.8. The van der Waals surface area contributed by atoms with Crippen molar-refractivity contribution in [1.29, 1.82) is 0 Å². The third-order valence-electron chi connectivity index (χ3n) is 19.1. The van der Waals surface area contributed by atoms with E-state index in [0.717, 1.165) is 84.0 Å². The molecular formula is C68H117N9O7. The highest BCUT2D eigenvalue weighted by Crippen LogP contribution is 2.46. The van der Waals surface area contributed by atoms with E-state index in [4.69, 9.17) is 4.74 Å². The van der Waals surface area contributed by atoms with Gasteiger partial charge in [-0.2, -0.15) is 0 Å². The van der Waals surface area contributed by atoms with Crippen LogP contribution < -0.4 is 0 Å². The van der Waals surface area contributed by atoms with E-state index in [-0.39, 0.29) is 41.6 Å². The van der Waals surface area contributed by atoms with E-state index >= 15 is 0 Å². The first-order valence-electron chi connectivity index (χ1n) is 32.6. The Labute approximate surface area is 510 Å². The van der Waals surface area contributed by atoms with Crippen LogP contribution >= 0.6 is 0 Å². The molecule has 8 aliphatic heterocycles. The van der Waals surface area contributed by atoms with Crippen molar-refractivity contribution in [2.75, 3.05) is 72.0 Å². The molecule has 0 spiro atoms. The Kier molecular flexibility index (Phi) is 29.3. The van der Waals surface area contributed by atoms with E-state index < -0.39 is 0 Å². The number of likely N-dealkylation sites (N-methyl/N-ethyl adjacent to an activating group) is 1. The fraction of sp³-hybridized carbons (Fsp3) is 0.765. The van der Waals surface area contributed by atoms with E-state index in [0.29, 0.717) is 110 Å². The first kappa shape index (κ1) is 72.0. The van der Waals surface area contributed by atoms with Crippen LogP contribution in [0, 0.1) is 23.7 Å². The summed E-state index contributed by atoms with van der Waals surface area (Å²) in [6.45, 7) is 60.5. The maximum atomic E-state index is 11.6. The Bertz CT molecular complexity index is 2170. The molecule has 10 unspecified atom stereocenters. The molecule has 9 aliphatic rings. The standard InChI is InChI=1S/C12H20N2O.C12H24N2O.C12H19NO.C12H21NO.C11H18N2O.C9H15NO2/c1-4-12(15)13-7-5-6-10-11(13)8-14(10)9(2)3;1-6-12(15)14-8-11(10(14)5)13(7-2)9(3)4;1-4-12(14)10-7-11-9(10)5-6-13(11)8(2)3;1-4-12(14)13-7-5-6-11(9-13)8-10(2)3;1-4-11(14)12-6-5-9-10(12)7-13(9)8(2)3;1-4-9(11)10-5-8(6-10)12-7(2)3/h4,9-11H,1,5-8H2,2-3H3;9-11H,6-8H2,1-5H3;4,8-11H,1,5-7H2,2-3H3;4,10-11H,1,5-9H2,2-3H3;4,8-10H,1,5-7H2,2-3H3;4,7-8H,1,5-6H2,2-3H3. The number of allylic oxidation sites excluding steroid dienone is 1. The number of hydrogen-bond acceptors (Lipinski definition) is 11. The van der Waals surface area contributed by atoms with Crippen molar-refractivity contribution in [3.8, 4) is 0 Å². The zero-order chi connectivity index (χ0) is 62.9. The molecule has 0 aromatic rings. The minimum atomic E-state index is -0.00129. The topological polar surface area (TPSA) is 141 Å².